The van der Waals surface area contributed by atoms with Crippen molar-refractivity contribution in [2.45, 2.75) is 6.04 Å². The van der Waals surface area contributed by atoms with Gasteiger partial charge in [0.25, 0.3) is 0 Å². The van der Waals surface area contributed by atoms with Gasteiger partial charge < -0.3 is 15.3 Å². The molecule has 1 saturated heterocycles. The molecule has 6 nitrogen and oxygen atoms in total. The van der Waals surface area contributed by atoms with Crippen LogP contribution in [0.5, 0.6) is 0 Å². The number of aromatic nitrogens is 3. The number of nitrogens with zero attached hydrogens (tertiary/aromatic N) is 4. The Hall–Kier alpha value is -2.54. The fraction of sp³-hybridized carbons (Fsp3) is 0.250. The number of pyridine rings is 1. The second-order valence-electron chi connectivity index (χ2n) is 6.46. The zero-order valence-corrected chi connectivity index (χ0v) is 15.5. The minimum atomic E-state index is 0.0366. The number of anilines is 1. The molecule has 27 heavy (non-hydrogen) atoms. The van der Waals surface area contributed by atoms with Gasteiger partial charge in [0.15, 0.2) is 5.82 Å². The van der Waals surface area contributed by atoms with E-state index in [0.29, 0.717) is 17.4 Å². The first-order valence-electron chi connectivity index (χ1n) is 8.87. The summed E-state index contributed by atoms with van der Waals surface area (Å²) in [7, 11) is 0. The molecule has 0 aliphatic carbocycles. The van der Waals surface area contributed by atoms with Crippen LogP contribution in [0.4, 0.5) is 5.82 Å². The van der Waals surface area contributed by atoms with Crippen LogP contribution in [0.15, 0.2) is 54.9 Å². The molecular formula is C20H20ClN5O. The number of hydrogen-bond donors (Lipinski definition) is 2. The Bertz CT molecular complexity index is 904. The van der Waals surface area contributed by atoms with E-state index in [1.807, 2.05) is 42.5 Å². The second kappa shape index (κ2) is 8.00. The van der Waals surface area contributed by atoms with Crippen LogP contribution in [0.3, 0.4) is 0 Å². The van der Waals surface area contributed by atoms with Crippen LogP contribution in [0, 0.1) is 0 Å². The van der Waals surface area contributed by atoms with E-state index in [1.165, 1.54) is 0 Å². The SMILES string of the molecule is OC[C@H]1CN(c2cc(-c3ccc(Cl)cc3)nc(-c3cccnc3)n2)CCN1. The molecule has 0 unspecified atom stereocenters. The molecule has 2 aromatic heterocycles. The van der Waals surface area contributed by atoms with E-state index in [9.17, 15) is 5.11 Å². The number of piperazine rings is 1. The van der Waals surface area contributed by atoms with Crippen LogP contribution >= 0.6 is 11.6 Å². The van der Waals surface area contributed by atoms with Crippen LogP contribution in [0.2, 0.25) is 5.02 Å². The van der Waals surface area contributed by atoms with Crippen molar-refractivity contribution < 1.29 is 5.11 Å². The molecule has 0 radical (unpaired) electrons. The van der Waals surface area contributed by atoms with Gasteiger partial charge in [0.1, 0.15) is 5.82 Å². The molecule has 7 heteroatoms. The standard InChI is InChI=1S/C20H20ClN5O/c21-16-5-3-14(4-6-16)18-10-19(26-9-8-23-17(12-26)13-27)25-20(24-18)15-2-1-7-22-11-15/h1-7,10-11,17,23,27H,8-9,12-13H2/t17-/m1/s1. The Morgan fingerprint density at radius 3 is 2.74 bits per heavy atom. The first-order valence-corrected chi connectivity index (χ1v) is 9.25. The normalized spacial score (nSPS) is 17.1. The zero-order valence-electron chi connectivity index (χ0n) is 14.7. The topological polar surface area (TPSA) is 74.2 Å². The highest BCUT2D eigenvalue weighted by molar-refractivity contribution is 6.30. The van der Waals surface area contributed by atoms with E-state index < -0.39 is 0 Å². The quantitative estimate of drug-likeness (QED) is 0.723. The average Bonchev–Trinajstić information content (AvgIpc) is 2.74. The van der Waals surface area contributed by atoms with Crippen molar-refractivity contribution in [3.05, 3.63) is 59.9 Å². The molecule has 0 spiro atoms. The maximum absolute atomic E-state index is 9.50. The van der Waals surface area contributed by atoms with Crippen LogP contribution in [-0.2, 0) is 0 Å². The molecule has 4 rings (SSSR count). The Morgan fingerprint density at radius 2 is 2.00 bits per heavy atom. The fourth-order valence-corrected chi connectivity index (χ4v) is 3.27. The van der Waals surface area contributed by atoms with Crippen molar-refractivity contribution in [1.29, 1.82) is 0 Å². The van der Waals surface area contributed by atoms with E-state index in [2.05, 4.69) is 15.2 Å². The molecule has 3 heterocycles. The summed E-state index contributed by atoms with van der Waals surface area (Å²) in [5.41, 5.74) is 2.67. The van der Waals surface area contributed by atoms with Crippen molar-refractivity contribution in [3.8, 4) is 22.6 Å². The highest BCUT2D eigenvalue weighted by atomic mass is 35.5. The van der Waals surface area contributed by atoms with Crippen molar-refractivity contribution in [1.82, 2.24) is 20.3 Å². The minimum absolute atomic E-state index is 0.0366. The summed E-state index contributed by atoms with van der Waals surface area (Å²) in [5, 5.41) is 13.5. The van der Waals surface area contributed by atoms with Gasteiger partial charge in [-0.2, -0.15) is 0 Å². The lowest BCUT2D eigenvalue weighted by Crippen LogP contribution is -2.52. The van der Waals surface area contributed by atoms with Gasteiger partial charge in [-0.1, -0.05) is 23.7 Å². The third-order valence-corrected chi connectivity index (χ3v) is 4.82. The molecule has 1 fully saturated rings. The molecule has 3 aromatic rings. The number of rotatable bonds is 4. The summed E-state index contributed by atoms with van der Waals surface area (Å²) in [6.07, 6.45) is 3.49. The van der Waals surface area contributed by atoms with Crippen molar-refractivity contribution in [3.63, 3.8) is 0 Å². The lowest BCUT2D eigenvalue weighted by molar-refractivity contribution is 0.235. The van der Waals surface area contributed by atoms with Gasteiger partial charge in [0.2, 0.25) is 0 Å². The highest BCUT2D eigenvalue weighted by Gasteiger charge is 2.21. The third kappa shape index (κ3) is 4.08. The number of aliphatic hydroxyl groups is 1. The van der Waals surface area contributed by atoms with Crippen molar-refractivity contribution in [2.75, 3.05) is 31.1 Å². The van der Waals surface area contributed by atoms with Gasteiger partial charge in [0, 0.05) is 60.3 Å². The van der Waals surface area contributed by atoms with Crippen LogP contribution in [0.25, 0.3) is 22.6 Å². The number of nitrogens with one attached hydrogen (secondary N) is 1. The first kappa shape index (κ1) is 17.9. The predicted octanol–water partition coefficient (Wildman–Crippen LogP) is 2.63. The van der Waals surface area contributed by atoms with Crippen molar-refractivity contribution >= 4 is 17.4 Å². The zero-order chi connectivity index (χ0) is 18.6. The van der Waals surface area contributed by atoms with E-state index in [0.717, 1.165) is 35.7 Å². The number of benzene rings is 1. The van der Waals surface area contributed by atoms with E-state index in [-0.39, 0.29) is 12.6 Å². The third-order valence-electron chi connectivity index (χ3n) is 4.57. The largest absolute Gasteiger partial charge is 0.395 e. The molecule has 0 saturated carbocycles. The smallest absolute Gasteiger partial charge is 0.163 e. The molecule has 0 amide bonds. The number of aliphatic hydroxyl groups excluding tert-OH is 1. The summed E-state index contributed by atoms with van der Waals surface area (Å²) in [6, 6.07) is 13.5. The molecular weight excluding hydrogens is 362 g/mol. The minimum Gasteiger partial charge on any atom is -0.395 e. The summed E-state index contributed by atoms with van der Waals surface area (Å²) in [6.45, 7) is 2.41. The van der Waals surface area contributed by atoms with E-state index >= 15 is 0 Å². The molecule has 1 aliphatic heterocycles. The maximum atomic E-state index is 9.50. The molecule has 138 valence electrons. The van der Waals surface area contributed by atoms with Crippen LogP contribution in [-0.4, -0.2) is 52.3 Å². The van der Waals surface area contributed by atoms with Crippen molar-refractivity contribution in [2.24, 2.45) is 0 Å². The van der Waals surface area contributed by atoms with E-state index in [1.54, 1.807) is 12.4 Å². The van der Waals surface area contributed by atoms with Gasteiger partial charge in [-0.15, -0.1) is 0 Å². The van der Waals surface area contributed by atoms with Crippen LogP contribution < -0.4 is 10.2 Å². The molecule has 1 aliphatic rings. The molecule has 0 bridgehead atoms. The lowest BCUT2D eigenvalue weighted by Gasteiger charge is -2.33. The summed E-state index contributed by atoms with van der Waals surface area (Å²) in [5.74, 6) is 1.47. The highest BCUT2D eigenvalue weighted by Crippen LogP contribution is 2.27. The Morgan fingerprint density at radius 1 is 1.15 bits per heavy atom. The first-order chi connectivity index (χ1) is 13.2. The van der Waals surface area contributed by atoms with E-state index in [4.69, 9.17) is 21.6 Å². The van der Waals surface area contributed by atoms with Gasteiger partial charge in [-0.05, 0) is 24.3 Å². The van der Waals surface area contributed by atoms with Gasteiger partial charge in [0.05, 0.1) is 12.3 Å². The monoisotopic (exact) mass is 381 g/mol. The maximum Gasteiger partial charge on any atom is 0.163 e. The predicted molar refractivity (Wildman–Crippen MR) is 107 cm³/mol. The lowest BCUT2D eigenvalue weighted by atomic mass is 10.1. The van der Waals surface area contributed by atoms with Gasteiger partial charge in [-0.25, -0.2) is 9.97 Å². The number of hydrogen-bond acceptors (Lipinski definition) is 6. The summed E-state index contributed by atoms with van der Waals surface area (Å²) < 4.78 is 0. The Balaban J connectivity index is 1.78. The summed E-state index contributed by atoms with van der Waals surface area (Å²) >= 11 is 6.03. The second-order valence-corrected chi connectivity index (χ2v) is 6.90. The van der Waals surface area contributed by atoms with Gasteiger partial charge >= 0.3 is 0 Å². The number of halogens is 1. The Labute approximate surface area is 162 Å². The molecule has 2 N–H and O–H groups in total. The van der Waals surface area contributed by atoms with Crippen LogP contribution in [0.1, 0.15) is 0 Å². The molecule has 1 atom stereocenters. The summed E-state index contributed by atoms with van der Waals surface area (Å²) in [4.78, 5) is 15.9. The van der Waals surface area contributed by atoms with Gasteiger partial charge in [-0.3, -0.25) is 4.98 Å². The fourth-order valence-electron chi connectivity index (χ4n) is 3.14. The average molecular weight is 382 g/mol. The molecule has 1 aromatic carbocycles. The Kier molecular flexibility index (Phi) is 5.29.